The summed E-state index contributed by atoms with van der Waals surface area (Å²) in [7, 11) is 1.67. The summed E-state index contributed by atoms with van der Waals surface area (Å²) in [5, 5.41) is 9.00. The van der Waals surface area contributed by atoms with Crippen molar-refractivity contribution < 1.29 is 19.4 Å². The standard InChI is InChI=1S/C19H28N2O4.C7H8/c1-24-17-7-6-15(12-18(13-17)25-16-4-2-3-5-16)20-8-10-21(11-9-20)19(23)14-22;1-7-5-3-2-4-6-7/h6-7,12-13,16,18,22H,2-5,8-11,14H2,1H3;2-6H,1H3. The van der Waals surface area contributed by atoms with E-state index in [0.29, 0.717) is 19.2 Å². The average Bonchev–Trinajstić information content (AvgIpc) is 3.25. The van der Waals surface area contributed by atoms with Crippen LogP contribution in [0.3, 0.4) is 0 Å². The van der Waals surface area contributed by atoms with Crippen molar-refractivity contribution in [2.45, 2.75) is 44.8 Å². The van der Waals surface area contributed by atoms with Gasteiger partial charge in [-0.1, -0.05) is 48.7 Å². The number of nitrogens with zero attached hydrogens (tertiary/aromatic N) is 2. The molecule has 0 aromatic heterocycles. The van der Waals surface area contributed by atoms with Gasteiger partial charge in [0.1, 0.15) is 18.5 Å². The van der Waals surface area contributed by atoms with E-state index >= 15 is 0 Å². The molecule has 174 valence electrons. The van der Waals surface area contributed by atoms with E-state index in [1.165, 1.54) is 18.4 Å². The van der Waals surface area contributed by atoms with E-state index in [9.17, 15) is 4.79 Å². The number of rotatable bonds is 5. The van der Waals surface area contributed by atoms with Gasteiger partial charge in [0.15, 0.2) is 0 Å². The highest BCUT2D eigenvalue weighted by atomic mass is 16.5. The Morgan fingerprint density at radius 3 is 2.28 bits per heavy atom. The molecule has 6 heteroatoms. The van der Waals surface area contributed by atoms with Crippen molar-refractivity contribution in [3.05, 3.63) is 71.7 Å². The van der Waals surface area contributed by atoms with Crippen molar-refractivity contribution in [2.24, 2.45) is 0 Å². The van der Waals surface area contributed by atoms with Crippen molar-refractivity contribution in [3.63, 3.8) is 0 Å². The number of hydrogen-bond donors (Lipinski definition) is 1. The first-order chi connectivity index (χ1) is 15.6. The van der Waals surface area contributed by atoms with Gasteiger partial charge in [0.05, 0.1) is 13.2 Å². The lowest BCUT2D eigenvalue weighted by atomic mass is 10.2. The number of piperazine rings is 1. The number of aliphatic hydroxyl groups excluding tert-OH is 1. The van der Waals surface area contributed by atoms with E-state index < -0.39 is 6.61 Å². The van der Waals surface area contributed by atoms with Crippen molar-refractivity contribution in [3.8, 4) is 0 Å². The van der Waals surface area contributed by atoms with Crippen LogP contribution in [0.2, 0.25) is 0 Å². The smallest absolute Gasteiger partial charge is 0.248 e. The molecule has 1 unspecified atom stereocenters. The van der Waals surface area contributed by atoms with Crippen LogP contribution in [0, 0.1) is 6.92 Å². The quantitative estimate of drug-likeness (QED) is 0.760. The van der Waals surface area contributed by atoms with Gasteiger partial charge in [-0.15, -0.1) is 0 Å². The molecule has 1 aromatic rings. The minimum Gasteiger partial charge on any atom is -0.497 e. The minimum absolute atomic E-state index is 0.0971. The molecule has 2 aliphatic carbocycles. The zero-order valence-electron chi connectivity index (χ0n) is 19.3. The molecule has 1 aromatic carbocycles. The number of allylic oxidation sites excluding steroid dienone is 2. The van der Waals surface area contributed by atoms with Gasteiger partial charge in [0, 0.05) is 31.9 Å². The van der Waals surface area contributed by atoms with Crippen LogP contribution in [0.4, 0.5) is 0 Å². The summed E-state index contributed by atoms with van der Waals surface area (Å²) >= 11 is 0. The molecule has 1 saturated carbocycles. The summed E-state index contributed by atoms with van der Waals surface area (Å²) in [5.74, 6) is 0.610. The Morgan fingerprint density at radius 1 is 1.03 bits per heavy atom. The maximum Gasteiger partial charge on any atom is 0.248 e. The Hall–Kier alpha value is -2.57. The number of benzene rings is 1. The molecule has 6 nitrogen and oxygen atoms in total. The maximum atomic E-state index is 11.6. The molecular formula is C26H36N2O4. The van der Waals surface area contributed by atoms with Crippen LogP contribution in [-0.2, 0) is 14.3 Å². The van der Waals surface area contributed by atoms with Gasteiger partial charge < -0.3 is 24.4 Å². The van der Waals surface area contributed by atoms with Gasteiger partial charge in [-0.25, -0.2) is 0 Å². The topological polar surface area (TPSA) is 62.2 Å². The highest BCUT2D eigenvalue weighted by molar-refractivity contribution is 5.77. The monoisotopic (exact) mass is 440 g/mol. The number of methoxy groups -OCH3 is 1. The van der Waals surface area contributed by atoms with Crippen molar-refractivity contribution in [2.75, 3.05) is 39.9 Å². The summed E-state index contributed by atoms with van der Waals surface area (Å²) < 4.78 is 11.7. The molecule has 32 heavy (non-hydrogen) atoms. The van der Waals surface area contributed by atoms with E-state index in [1.807, 2.05) is 30.4 Å². The van der Waals surface area contributed by atoms with Crippen LogP contribution < -0.4 is 0 Å². The zero-order chi connectivity index (χ0) is 22.8. The number of carbonyl (C=O) groups excluding carboxylic acids is 1. The number of amides is 1. The van der Waals surface area contributed by atoms with Crippen molar-refractivity contribution in [1.29, 1.82) is 0 Å². The second-order valence-corrected chi connectivity index (χ2v) is 8.39. The number of aryl methyl sites for hydroxylation is 1. The minimum atomic E-state index is -0.416. The molecule has 0 spiro atoms. The van der Waals surface area contributed by atoms with E-state index in [2.05, 4.69) is 36.1 Å². The summed E-state index contributed by atoms with van der Waals surface area (Å²) in [6.07, 6.45) is 13.2. The van der Waals surface area contributed by atoms with Crippen LogP contribution in [0.25, 0.3) is 0 Å². The van der Waals surface area contributed by atoms with Crippen LogP contribution >= 0.6 is 0 Å². The molecule has 1 N–H and O–H groups in total. The number of aliphatic hydroxyl groups is 1. The van der Waals surface area contributed by atoms with Gasteiger partial charge >= 0.3 is 0 Å². The fourth-order valence-corrected chi connectivity index (χ4v) is 4.18. The summed E-state index contributed by atoms with van der Waals surface area (Å²) in [5.41, 5.74) is 2.42. The Labute approximate surface area is 191 Å². The summed E-state index contributed by atoms with van der Waals surface area (Å²) in [4.78, 5) is 15.6. The second kappa shape index (κ2) is 12.5. The van der Waals surface area contributed by atoms with Crippen LogP contribution in [0.5, 0.6) is 0 Å². The first kappa shape index (κ1) is 24.1. The third kappa shape index (κ3) is 7.24. The molecule has 0 bridgehead atoms. The van der Waals surface area contributed by atoms with Crippen LogP contribution in [0.1, 0.15) is 31.2 Å². The van der Waals surface area contributed by atoms with Crippen LogP contribution in [-0.4, -0.2) is 72.9 Å². The highest BCUT2D eigenvalue weighted by Crippen LogP contribution is 2.25. The first-order valence-electron chi connectivity index (χ1n) is 11.6. The lowest BCUT2D eigenvalue weighted by Gasteiger charge is -2.36. The van der Waals surface area contributed by atoms with Gasteiger partial charge in [-0.2, -0.15) is 0 Å². The largest absolute Gasteiger partial charge is 0.497 e. The lowest BCUT2D eigenvalue weighted by Crippen LogP contribution is -2.49. The van der Waals surface area contributed by atoms with Crippen molar-refractivity contribution >= 4 is 5.91 Å². The Bertz CT molecular complexity index is 804. The first-order valence-corrected chi connectivity index (χ1v) is 11.6. The molecule has 0 radical (unpaired) electrons. The predicted octanol–water partition coefficient (Wildman–Crippen LogP) is 3.43. The zero-order valence-corrected chi connectivity index (χ0v) is 19.3. The van der Waals surface area contributed by atoms with E-state index in [1.54, 1.807) is 12.0 Å². The van der Waals surface area contributed by atoms with Crippen molar-refractivity contribution in [1.82, 2.24) is 9.80 Å². The molecule has 1 heterocycles. The van der Waals surface area contributed by atoms with Gasteiger partial charge in [0.25, 0.3) is 0 Å². The third-order valence-corrected chi connectivity index (χ3v) is 6.04. The molecular weight excluding hydrogens is 404 g/mol. The predicted molar refractivity (Wildman–Crippen MR) is 126 cm³/mol. The Kier molecular flexibility index (Phi) is 9.38. The molecule has 4 rings (SSSR count). The van der Waals surface area contributed by atoms with Gasteiger partial charge in [-0.3, -0.25) is 4.79 Å². The Balaban J connectivity index is 0.000000352. The fraction of sp³-hybridized carbons (Fsp3) is 0.500. The Morgan fingerprint density at radius 2 is 1.72 bits per heavy atom. The second-order valence-electron chi connectivity index (χ2n) is 8.39. The van der Waals surface area contributed by atoms with Gasteiger partial charge in [0.2, 0.25) is 5.91 Å². The SMILES string of the molecule is COC1=CC(OC2CCCC2)C=C(N2CCN(C(=O)CO)CC2)C=C1.Cc1ccccc1. The number of hydrogen-bond acceptors (Lipinski definition) is 5. The average molecular weight is 441 g/mol. The molecule has 1 aliphatic heterocycles. The molecule has 1 amide bonds. The lowest BCUT2D eigenvalue weighted by molar-refractivity contribution is -0.135. The van der Waals surface area contributed by atoms with E-state index in [-0.39, 0.29) is 12.0 Å². The summed E-state index contributed by atoms with van der Waals surface area (Å²) in [6.45, 7) is 4.42. The normalized spacial score (nSPS) is 21.3. The van der Waals surface area contributed by atoms with E-state index in [4.69, 9.17) is 14.6 Å². The molecule has 1 atom stereocenters. The molecule has 1 saturated heterocycles. The van der Waals surface area contributed by atoms with Crippen LogP contribution in [0.15, 0.2) is 66.1 Å². The third-order valence-electron chi connectivity index (χ3n) is 6.04. The highest BCUT2D eigenvalue weighted by Gasteiger charge is 2.24. The van der Waals surface area contributed by atoms with Gasteiger partial charge in [-0.05, 0) is 44.1 Å². The molecule has 2 fully saturated rings. The number of carbonyl (C=O) groups is 1. The summed E-state index contributed by atoms with van der Waals surface area (Å²) in [6, 6.07) is 10.3. The van der Waals surface area contributed by atoms with E-state index in [0.717, 1.165) is 37.4 Å². The fourth-order valence-electron chi connectivity index (χ4n) is 4.18. The molecule has 3 aliphatic rings. The maximum absolute atomic E-state index is 11.6. The number of ether oxygens (including phenoxy) is 2.